The van der Waals surface area contributed by atoms with E-state index in [0.717, 1.165) is 25.8 Å². The summed E-state index contributed by atoms with van der Waals surface area (Å²) in [4.78, 5) is 12.0. The molecule has 0 saturated heterocycles. The molecule has 0 bridgehead atoms. The molecule has 1 atom stereocenters. The van der Waals surface area contributed by atoms with Crippen molar-refractivity contribution in [3.8, 4) is 0 Å². The molecule has 96 valence electrons. The van der Waals surface area contributed by atoms with Crippen LogP contribution in [-0.4, -0.2) is 28.9 Å². The van der Waals surface area contributed by atoms with Gasteiger partial charge in [0.1, 0.15) is 5.78 Å². The van der Waals surface area contributed by atoms with Gasteiger partial charge in [-0.1, -0.05) is 34.1 Å². The average Bonchev–Trinajstić information content (AvgIpc) is 2.17. The lowest BCUT2D eigenvalue weighted by Gasteiger charge is -2.38. The van der Waals surface area contributed by atoms with Crippen molar-refractivity contribution in [1.82, 2.24) is 5.32 Å². The first-order chi connectivity index (χ1) is 7.33. The van der Waals surface area contributed by atoms with Crippen LogP contribution >= 0.6 is 11.8 Å². The number of ketones is 1. The summed E-state index contributed by atoms with van der Waals surface area (Å²) in [6.45, 7) is 11.2. The van der Waals surface area contributed by atoms with Gasteiger partial charge in [-0.15, -0.1) is 0 Å². The van der Waals surface area contributed by atoms with Crippen LogP contribution in [0.2, 0.25) is 0 Å². The minimum atomic E-state index is -0.323. The maximum absolute atomic E-state index is 12.0. The molecule has 0 aromatic heterocycles. The Morgan fingerprint density at radius 2 is 1.88 bits per heavy atom. The molecule has 3 heteroatoms. The van der Waals surface area contributed by atoms with Crippen LogP contribution in [0.25, 0.3) is 0 Å². The molecule has 0 fully saturated rings. The Labute approximate surface area is 105 Å². The van der Waals surface area contributed by atoms with Gasteiger partial charge in [-0.2, -0.15) is 11.8 Å². The molecule has 0 aromatic rings. The summed E-state index contributed by atoms with van der Waals surface area (Å²) in [5, 5.41) is 3.42. The number of carbonyl (C=O) groups is 1. The molecular weight excluding hydrogens is 218 g/mol. The molecule has 1 unspecified atom stereocenters. The van der Waals surface area contributed by atoms with Gasteiger partial charge in [0.25, 0.3) is 0 Å². The quantitative estimate of drug-likeness (QED) is 0.711. The Balaban J connectivity index is 4.94. The maximum atomic E-state index is 12.0. The van der Waals surface area contributed by atoms with Gasteiger partial charge >= 0.3 is 0 Å². The van der Waals surface area contributed by atoms with Crippen LogP contribution in [0.3, 0.4) is 0 Å². The third-order valence-corrected chi connectivity index (χ3v) is 4.40. The number of likely N-dealkylation sites (N-methyl/N-ethyl adjacent to an activating group) is 1. The monoisotopic (exact) mass is 245 g/mol. The van der Waals surface area contributed by atoms with Crippen LogP contribution < -0.4 is 5.32 Å². The maximum Gasteiger partial charge on any atom is 0.149 e. The lowest BCUT2D eigenvalue weighted by atomic mass is 9.81. The zero-order valence-electron chi connectivity index (χ0n) is 11.6. The van der Waals surface area contributed by atoms with Crippen molar-refractivity contribution < 1.29 is 4.79 Å². The highest BCUT2D eigenvalue weighted by Crippen LogP contribution is 2.34. The highest BCUT2D eigenvalue weighted by atomic mass is 32.2. The Hall–Kier alpha value is -0.0200. The summed E-state index contributed by atoms with van der Waals surface area (Å²) in [5.74, 6) is 0.276. The smallest absolute Gasteiger partial charge is 0.149 e. The topological polar surface area (TPSA) is 29.1 Å². The number of carbonyl (C=O) groups excluding carboxylic acids is 1. The molecule has 0 rings (SSSR count). The molecule has 0 aliphatic carbocycles. The summed E-state index contributed by atoms with van der Waals surface area (Å²) in [6, 6.07) is 0. The van der Waals surface area contributed by atoms with E-state index in [2.05, 4.69) is 39.3 Å². The lowest BCUT2D eigenvalue weighted by molar-refractivity contribution is -0.124. The van der Waals surface area contributed by atoms with Crippen molar-refractivity contribution >= 4 is 17.5 Å². The highest BCUT2D eigenvalue weighted by Gasteiger charge is 2.38. The SMILES string of the molecule is CCCC(CC(C)(C)SC)(NCC)C(C)=O. The molecule has 0 amide bonds. The van der Waals surface area contributed by atoms with Crippen molar-refractivity contribution in [3.63, 3.8) is 0 Å². The van der Waals surface area contributed by atoms with Gasteiger partial charge in [-0.05, 0) is 32.6 Å². The van der Waals surface area contributed by atoms with Gasteiger partial charge in [0.05, 0.1) is 5.54 Å². The highest BCUT2D eigenvalue weighted by molar-refractivity contribution is 7.99. The second kappa shape index (κ2) is 6.65. The van der Waals surface area contributed by atoms with Crippen molar-refractivity contribution in [2.75, 3.05) is 12.8 Å². The predicted octanol–water partition coefficient (Wildman–Crippen LogP) is 3.26. The molecule has 0 aliphatic heterocycles. The number of thioether (sulfide) groups is 1. The Bertz CT molecular complexity index is 220. The fraction of sp³-hybridized carbons (Fsp3) is 0.923. The number of Topliss-reactive ketones (excluding diaryl/α,β-unsaturated/α-hetero) is 1. The van der Waals surface area contributed by atoms with E-state index in [4.69, 9.17) is 0 Å². The van der Waals surface area contributed by atoms with Gasteiger partial charge in [-0.25, -0.2) is 0 Å². The molecule has 0 spiro atoms. The number of rotatable bonds is 8. The Kier molecular flexibility index (Phi) is 6.64. The van der Waals surface area contributed by atoms with E-state index in [1.54, 1.807) is 6.92 Å². The molecule has 0 radical (unpaired) electrons. The minimum Gasteiger partial charge on any atom is -0.305 e. The number of hydrogen-bond donors (Lipinski definition) is 1. The van der Waals surface area contributed by atoms with Crippen LogP contribution in [0.5, 0.6) is 0 Å². The third kappa shape index (κ3) is 4.46. The van der Waals surface area contributed by atoms with E-state index in [1.165, 1.54) is 0 Å². The Morgan fingerprint density at radius 3 is 2.19 bits per heavy atom. The number of nitrogens with one attached hydrogen (secondary N) is 1. The lowest BCUT2D eigenvalue weighted by Crippen LogP contribution is -2.54. The fourth-order valence-corrected chi connectivity index (χ4v) is 2.62. The van der Waals surface area contributed by atoms with Crippen LogP contribution in [0.4, 0.5) is 0 Å². The van der Waals surface area contributed by atoms with Gasteiger partial charge in [0, 0.05) is 4.75 Å². The van der Waals surface area contributed by atoms with Gasteiger partial charge in [0.15, 0.2) is 0 Å². The first-order valence-corrected chi connectivity index (χ1v) is 7.37. The summed E-state index contributed by atoms with van der Waals surface area (Å²) >= 11 is 1.83. The molecule has 0 aromatic carbocycles. The molecular formula is C13H27NOS. The standard InChI is InChI=1S/C13H27NOS/c1-7-9-13(11(3)15,14-8-2)10-12(4,5)16-6/h14H,7-10H2,1-6H3. The fourth-order valence-electron chi connectivity index (χ4n) is 2.23. The normalized spacial score (nSPS) is 15.9. The first kappa shape index (κ1) is 16.0. The van der Waals surface area contributed by atoms with Crippen molar-refractivity contribution in [1.29, 1.82) is 0 Å². The van der Waals surface area contributed by atoms with E-state index < -0.39 is 0 Å². The molecule has 2 nitrogen and oxygen atoms in total. The second-order valence-corrected chi connectivity index (χ2v) is 6.57. The predicted molar refractivity (Wildman–Crippen MR) is 74.2 cm³/mol. The number of hydrogen-bond acceptors (Lipinski definition) is 3. The van der Waals surface area contributed by atoms with Gasteiger partial charge in [0.2, 0.25) is 0 Å². The summed E-state index contributed by atoms with van der Waals surface area (Å²) in [5.41, 5.74) is -0.323. The van der Waals surface area contributed by atoms with Crippen LogP contribution in [0.15, 0.2) is 0 Å². The van der Waals surface area contributed by atoms with Crippen LogP contribution in [0, 0.1) is 0 Å². The van der Waals surface area contributed by atoms with Crippen molar-refractivity contribution in [3.05, 3.63) is 0 Å². The molecule has 0 aliphatic rings. The van der Waals surface area contributed by atoms with E-state index in [9.17, 15) is 4.79 Å². The van der Waals surface area contributed by atoms with Gasteiger partial charge in [-0.3, -0.25) is 4.79 Å². The molecule has 0 heterocycles. The van der Waals surface area contributed by atoms with Crippen molar-refractivity contribution in [2.45, 2.75) is 64.2 Å². The van der Waals surface area contributed by atoms with E-state index in [0.29, 0.717) is 0 Å². The summed E-state index contributed by atoms with van der Waals surface area (Å²) < 4.78 is 0.142. The van der Waals surface area contributed by atoms with E-state index in [-0.39, 0.29) is 16.1 Å². The van der Waals surface area contributed by atoms with E-state index in [1.807, 2.05) is 11.8 Å². The minimum absolute atomic E-state index is 0.142. The largest absolute Gasteiger partial charge is 0.305 e. The van der Waals surface area contributed by atoms with Crippen LogP contribution in [0.1, 0.15) is 53.9 Å². The van der Waals surface area contributed by atoms with Crippen LogP contribution in [-0.2, 0) is 4.79 Å². The molecule has 0 saturated carbocycles. The average molecular weight is 245 g/mol. The van der Waals surface area contributed by atoms with Crippen molar-refractivity contribution in [2.24, 2.45) is 0 Å². The molecule has 1 N–H and O–H groups in total. The van der Waals surface area contributed by atoms with Gasteiger partial charge < -0.3 is 5.32 Å². The molecule has 16 heavy (non-hydrogen) atoms. The third-order valence-electron chi connectivity index (χ3n) is 3.15. The first-order valence-electron chi connectivity index (χ1n) is 6.14. The van der Waals surface area contributed by atoms with E-state index >= 15 is 0 Å². The summed E-state index contributed by atoms with van der Waals surface area (Å²) in [7, 11) is 0. The summed E-state index contributed by atoms with van der Waals surface area (Å²) in [6.07, 6.45) is 4.98. The zero-order valence-corrected chi connectivity index (χ0v) is 12.5. The Morgan fingerprint density at radius 1 is 1.31 bits per heavy atom. The second-order valence-electron chi connectivity index (χ2n) is 5.06. The zero-order chi connectivity index (χ0) is 12.8.